The molecule has 8 amide bonds. The van der Waals surface area contributed by atoms with E-state index in [1.807, 2.05) is 0 Å². The van der Waals surface area contributed by atoms with Crippen molar-refractivity contribution in [2.24, 2.45) is 0 Å². The van der Waals surface area contributed by atoms with Crippen molar-refractivity contribution in [2.45, 2.75) is 83.6 Å². The van der Waals surface area contributed by atoms with E-state index in [-0.39, 0.29) is 50.1 Å². The molecule has 0 aliphatic carbocycles. The van der Waals surface area contributed by atoms with E-state index in [9.17, 15) is 46.5 Å². The lowest BCUT2D eigenvalue weighted by Crippen LogP contribution is -2.64. The normalized spacial score (nSPS) is 16.7. The number of amides is 8. The number of aldehydes is 1. The fourth-order valence-corrected chi connectivity index (χ4v) is 8.32. The summed E-state index contributed by atoms with van der Waals surface area (Å²) in [6.07, 6.45) is 5.85. The average Bonchev–Trinajstić information content (AvgIpc) is 3.19. The van der Waals surface area contributed by atoms with Gasteiger partial charge in [0.05, 0.1) is 8.07 Å². The molecule has 2 heterocycles. The first-order valence-electron chi connectivity index (χ1n) is 19.5. The third kappa shape index (κ3) is 11.2. The molecule has 2 aromatic rings. The van der Waals surface area contributed by atoms with Gasteiger partial charge in [0.1, 0.15) is 11.8 Å². The van der Waals surface area contributed by atoms with Crippen LogP contribution in [0.15, 0.2) is 48.5 Å². The van der Waals surface area contributed by atoms with E-state index >= 15 is 4.79 Å². The van der Waals surface area contributed by atoms with Crippen molar-refractivity contribution in [1.82, 2.24) is 30.2 Å². The molecule has 3 N–H and O–H groups in total. The Labute approximate surface area is 344 Å². The van der Waals surface area contributed by atoms with Crippen molar-refractivity contribution in [3.8, 4) is 5.75 Å². The highest BCUT2D eigenvalue weighted by Crippen LogP contribution is 2.30. The number of piperazine rings is 2. The third-order valence-corrected chi connectivity index (χ3v) is 12.8. The molecule has 2 saturated heterocycles. The summed E-state index contributed by atoms with van der Waals surface area (Å²) in [6, 6.07) is 6.19. The summed E-state index contributed by atoms with van der Waals surface area (Å²) in [7, 11) is -6.93. The number of imide groups is 2. The van der Waals surface area contributed by atoms with Gasteiger partial charge in [-0.3, -0.25) is 43.1 Å². The van der Waals surface area contributed by atoms with Crippen LogP contribution >= 0.6 is 0 Å². The number of rotatable bonds is 18. The number of Topliss-reactive ketones (excluding diaryl/α,β-unsaturated/α-hetero) is 1. The number of likely N-dealkylation sites (N-methyl/N-ethyl adjacent to an activating group) is 1. The maximum atomic E-state index is 15.1. The summed E-state index contributed by atoms with van der Waals surface area (Å²) in [5, 5.41) is 5.71. The smallest absolute Gasteiger partial charge is 0.362 e. The molecule has 2 fully saturated rings. The summed E-state index contributed by atoms with van der Waals surface area (Å²) in [5.41, 5.74) is -2.87. The molecule has 0 spiro atoms. The molecule has 2 atom stereocenters. The van der Waals surface area contributed by atoms with E-state index in [0.29, 0.717) is 22.8 Å². The average molecular weight is 857 g/mol. The molecule has 2 aliphatic heterocycles. The number of urea groups is 2. The quantitative estimate of drug-likeness (QED) is 0.0489. The van der Waals surface area contributed by atoms with Crippen molar-refractivity contribution >= 4 is 71.4 Å². The molecule has 4 rings (SSSR count). The largest absolute Gasteiger partial charge is 0.446 e. The van der Waals surface area contributed by atoms with Crippen molar-refractivity contribution in [3.63, 3.8) is 0 Å². The molecule has 2 unspecified atom stereocenters. The zero-order chi connectivity index (χ0) is 43.7. The molecule has 0 saturated carbocycles. The Morgan fingerprint density at radius 3 is 1.86 bits per heavy atom. The molecule has 0 bridgehead atoms. The van der Waals surface area contributed by atoms with E-state index in [2.05, 4.69) is 41.4 Å². The highest BCUT2D eigenvalue weighted by molar-refractivity contribution is 7.81. The molecule has 2 aliphatic rings. The molecular weight excluding hydrogens is 805 g/mol. The van der Waals surface area contributed by atoms with Crippen LogP contribution in [0.5, 0.6) is 5.75 Å². The number of nitrogens with one attached hydrogen (secondary N) is 2. The van der Waals surface area contributed by atoms with Gasteiger partial charge >= 0.3 is 46.1 Å². The number of unbranched alkanes of at least 4 members (excludes halogenated alkanes) is 5. The summed E-state index contributed by atoms with van der Waals surface area (Å²) in [5.74, 6) is -5.86. The summed E-state index contributed by atoms with van der Waals surface area (Å²) in [4.78, 5) is 113. The van der Waals surface area contributed by atoms with Crippen LogP contribution in [0.4, 0.5) is 9.59 Å². The van der Waals surface area contributed by atoms with Crippen LogP contribution in [-0.4, -0.2) is 128 Å². The first-order chi connectivity index (χ1) is 27.8. The second kappa shape index (κ2) is 19.5. The number of benzene rings is 2. The highest BCUT2D eigenvalue weighted by Gasteiger charge is 2.49. The number of carbonyl (C=O) groups is 8. The molecular formula is C39H52N6O12SSi. The number of hydrogen-bond acceptors (Lipinski definition) is 11. The van der Waals surface area contributed by atoms with Crippen molar-refractivity contribution in [3.05, 3.63) is 59.7 Å². The van der Waals surface area contributed by atoms with Crippen molar-refractivity contribution in [1.29, 1.82) is 0 Å². The van der Waals surface area contributed by atoms with Crippen LogP contribution in [0.3, 0.4) is 0 Å². The van der Waals surface area contributed by atoms with E-state index < -0.39 is 77.3 Å². The number of ketones is 1. The minimum Gasteiger partial charge on any atom is -0.362 e. The zero-order valence-electron chi connectivity index (χ0n) is 33.9. The predicted octanol–water partition coefficient (Wildman–Crippen LogP) is 2.26. The van der Waals surface area contributed by atoms with E-state index in [4.69, 9.17) is 0 Å². The Morgan fingerprint density at radius 1 is 0.780 bits per heavy atom. The van der Waals surface area contributed by atoms with Gasteiger partial charge in [0, 0.05) is 39.3 Å². The second-order valence-electron chi connectivity index (χ2n) is 15.4. The van der Waals surface area contributed by atoms with Crippen LogP contribution in [-0.2, 0) is 44.7 Å². The fraction of sp³-hybridized carbons (Fsp3) is 0.487. The molecule has 320 valence electrons. The van der Waals surface area contributed by atoms with Crippen molar-refractivity contribution < 1.29 is 55.5 Å². The molecule has 2 aromatic carbocycles. The number of hydrogen-bond donors (Lipinski definition) is 3. The van der Waals surface area contributed by atoms with Gasteiger partial charge in [0.2, 0.25) is 0 Å². The Morgan fingerprint density at radius 2 is 1.32 bits per heavy atom. The summed E-state index contributed by atoms with van der Waals surface area (Å²) in [6.45, 7) is 9.93. The number of nitrogens with zero attached hydrogens (tertiary/aromatic N) is 4. The van der Waals surface area contributed by atoms with E-state index in [0.717, 1.165) is 61.6 Å². The fourth-order valence-electron chi connectivity index (χ4n) is 6.80. The van der Waals surface area contributed by atoms with Gasteiger partial charge < -0.3 is 24.6 Å². The molecule has 20 heteroatoms. The molecule has 0 radical (unpaired) electrons. The first kappa shape index (κ1) is 46.2. The highest BCUT2D eigenvalue weighted by atomic mass is 32.3. The third-order valence-electron chi connectivity index (χ3n) is 10.3. The Balaban J connectivity index is 1.74. The Hall–Kier alpha value is -5.47. The predicted molar refractivity (Wildman–Crippen MR) is 216 cm³/mol. The monoisotopic (exact) mass is 856 g/mol. The van der Waals surface area contributed by atoms with Crippen LogP contribution in [0, 0.1) is 0 Å². The minimum absolute atomic E-state index is 0.0168. The van der Waals surface area contributed by atoms with Gasteiger partial charge in [-0.25, -0.2) is 9.59 Å². The lowest BCUT2D eigenvalue weighted by Gasteiger charge is -2.37. The van der Waals surface area contributed by atoms with E-state index in [1.54, 1.807) is 19.1 Å². The molecule has 59 heavy (non-hydrogen) atoms. The van der Waals surface area contributed by atoms with Gasteiger partial charge in [0.25, 0.3) is 0 Å². The zero-order valence-corrected chi connectivity index (χ0v) is 35.7. The topological polar surface area (TPSA) is 237 Å². The maximum Gasteiger partial charge on any atom is 0.446 e. The summed E-state index contributed by atoms with van der Waals surface area (Å²) < 4.78 is 36.5. The standard InChI is InChI=1S/C39H52N6O12SSi/c1-6-8-9-10-11-12-21-43-23-25-44(36(51)34(43)49)37(52)40-31(27-13-17-29(18-14-27)57-58(54,55)56)32(47)39(26-46,28-15-19-30(20-16-28)59(3,4)5)41-38(53)45-24-22-42(7-2)33(48)35(45)50/h13-20,26,31H,6-12,21-25H2,1-5H3,(H,40,52)(H,41,53)(H,54,55,56). The first-order valence-corrected chi connectivity index (χ1v) is 24.4. The number of carbonyl (C=O) groups excluding carboxylic acids is 8. The van der Waals surface area contributed by atoms with Crippen molar-refractivity contribution in [2.75, 3.05) is 39.3 Å². The van der Waals surface area contributed by atoms with Gasteiger partial charge in [-0.2, -0.15) is 8.42 Å². The Bertz CT molecular complexity index is 2040. The maximum absolute atomic E-state index is 15.1. The Kier molecular flexibility index (Phi) is 15.3. The lowest BCUT2D eigenvalue weighted by atomic mass is 9.81. The van der Waals surface area contributed by atoms with E-state index in [1.165, 1.54) is 21.9 Å². The van der Waals surface area contributed by atoms with Gasteiger partial charge in [0.15, 0.2) is 17.6 Å². The van der Waals surface area contributed by atoms with Gasteiger partial charge in [-0.1, -0.05) is 100 Å². The molecule has 0 aromatic heterocycles. The van der Waals surface area contributed by atoms with Crippen LogP contribution < -0.4 is 20.0 Å². The SMILES string of the molecule is CCCCCCCCN1CCN(C(=O)NC(C(=O)C(C=O)(NC(=O)N2CCN(CC)C(=O)C2=O)c2ccc([Si](C)(C)C)cc2)c2ccc(OS(=O)(=O)O)cc2)C(=O)C1=O. The van der Waals surface area contributed by atoms with Gasteiger partial charge in [-0.05, 0) is 36.6 Å². The van der Waals surface area contributed by atoms with Crippen LogP contribution in [0.25, 0.3) is 0 Å². The minimum atomic E-state index is -4.97. The van der Waals surface area contributed by atoms with Crippen LogP contribution in [0.1, 0.15) is 69.5 Å². The van der Waals surface area contributed by atoms with Crippen LogP contribution in [0.2, 0.25) is 19.6 Å². The lowest BCUT2D eigenvalue weighted by molar-refractivity contribution is -0.153. The second-order valence-corrected chi connectivity index (χ2v) is 21.5. The summed E-state index contributed by atoms with van der Waals surface area (Å²) >= 11 is 0. The van der Waals surface area contributed by atoms with Gasteiger partial charge in [-0.15, -0.1) is 0 Å². The molecule has 18 nitrogen and oxygen atoms in total.